The molecule has 0 aliphatic carbocycles. The highest BCUT2D eigenvalue weighted by atomic mass is 19.1. The Morgan fingerprint density at radius 2 is 2.44 bits per heavy atom. The number of carbonyl (C=O) groups excluding carboxylic acids is 1. The lowest BCUT2D eigenvalue weighted by molar-refractivity contribution is -0.134. The van der Waals surface area contributed by atoms with Crippen LogP contribution in [0.5, 0.6) is 5.75 Å². The van der Waals surface area contributed by atoms with Crippen LogP contribution in [0.2, 0.25) is 0 Å². The second-order valence-electron chi connectivity index (χ2n) is 4.44. The summed E-state index contributed by atoms with van der Waals surface area (Å²) >= 11 is 0. The minimum atomic E-state index is -0.365. The minimum absolute atomic E-state index is 0.0455. The van der Waals surface area contributed by atoms with Gasteiger partial charge in [-0.2, -0.15) is 0 Å². The minimum Gasteiger partial charge on any atom is -0.484 e. The molecule has 5 heteroatoms. The van der Waals surface area contributed by atoms with Gasteiger partial charge in [-0.25, -0.2) is 4.39 Å². The van der Waals surface area contributed by atoms with Crippen LogP contribution in [0.1, 0.15) is 6.92 Å². The van der Waals surface area contributed by atoms with Gasteiger partial charge in [-0.15, -0.1) is 0 Å². The lowest BCUT2D eigenvalue weighted by Gasteiger charge is -2.31. The summed E-state index contributed by atoms with van der Waals surface area (Å²) in [6.45, 7) is 4.16. The largest absolute Gasteiger partial charge is 0.484 e. The molecule has 1 atom stereocenters. The van der Waals surface area contributed by atoms with Crippen molar-refractivity contribution in [2.75, 3.05) is 26.2 Å². The monoisotopic (exact) mass is 252 g/mol. The fraction of sp³-hybridized carbons (Fsp3) is 0.462. The van der Waals surface area contributed by atoms with Gasteiger partial charge in [0.25, 0.3) is 5.91 Å². The van der Waals surface area contributed by atoms with Crippen molar-refractivity contribution in [3.63, 3.8) is 0 Å². The van der Waals surface area contributed by atoms with E-state index in [-0.39, 0.29) is 18.3 Å². The zero-order valence-corrected chi connectivity index (χ0v) is 10.4. The highest BCUT2D eigenvalue weighted by Gasteiger charge is 2.20. The van der Waals surface area contributed by atoms with Gasteiger partial charge in [0.15, 0.2) is 6.61 Å². The number of nitrogens with zero attached hydrogens (tertiary/aromatic N) is 1. The standard InChI is InChI=1S/C13H17FN2O2/c1-10-8-16(6-5-15-10)13(17)9-18-12-4-2-3-11(14)7-12/h2-4,7,10,15H,5-6,8-9H2,1H3. The second kappa shape index (κ2) is 5.82. The van der Waals surface area contributed by atoms with Gasteiger partial charge in [0.2, 0.25) is 0 Å². The molecule has 0 radical (unpaired) electrons. The average Bonchev–Trinajstić information content (AvgIpc) is 2.36. The highest BCUT2D eigenvalue weighted by Crippen LogP contribution is 2.12. The van der Waals surface area contributed by atoms with Crippen molar-refractivity contribution in [3.05, 3.63) is 30.1 Å². The van der Waals surface area contributed by atoms with Crippen LogP contribution in [0.3, 0.4) is 0 Å². The molecule has 0 saturated carbocycles. The Labute approximate surface area is 106 Å². The Morgan fingerprint density at radius 3 is 3.17 bits per heavy atom. The van der Waals surface area contributed by atoms with Crippen molar-refractivity contribution >= 4 is 5.91 Å². The van der Waals surface area contributed by atoms with Crippen LogP contribution in [-0.4, -0.2) is 43.1 Å². The summed E-state index contributed by atoms with van der Waals surface area (Å²) in [4.78, 5) is 13.6. The molecule has 0 bridgehead atoms. The van der Waals surface area contributed by atoms with Crippen LogP contribution >= 0.6 is 0 Å². The van der Waals surface area contributed by atoms with Crippen LogP contribution in [0.4, 0.5) is 4.39 Å². The van der Waals surface area contributed by atoms with Crippen molar-refractivity contribution in [1.29, 1.82) is 0 Å². The smallest absolute Gasteiger partial charge is 0.260 e. The van der Waals surface area contributed by atoms with Crippen LogP contribution in [-0.2, 0) is 4.79 Å². The summed E-state index contributed by atoms with van der Waals surface area (Å²) in [5, 5.41) is 3.26. The molecule has 1 saturated heterocycles. The van der Waals surface area contributed by atoms with E-state index in [0.717, 1.165) is 6.54 Å². The molecule has 1 fully saturated rings. The van der Waals surface area contributed by atoms with Gasteiger partial charge >= 0.3 is 0 Å². The number of hydrogen-bond donors (Lipinski definition) is 1. The van der Waals surface area contributed by atoms with E-state index >= 15 is 0 Å². The van der Waals surface area contributed by atoms with E-state index in [4.69, 9.17) is 4.74 Å². The zero-order chi connectivity index (χ0) is 13.0. The molecule has 1 aromatic carbocycles. The van der Waals surface area contributed by atoms with E-state index < -0.39 is 0 Å². The molecule has 1 amide bonds. The first-order valence-electron chi connectivity index (χ1n) is 6.04. The van der Waals surface area contributed by atoms with E-state index in [1.165, 1.54) is 12.1 Å². The molecule has 1 unspecified atom stereocenters. The Bertz CT molecular complexity index is 425. The second-order valence-corrected chi connectivity index (χ2v) is 4.44. The molecule has 18 heavy (non-hydrogen) atoms. The Kier molecular flexibility index (Phi) is 4.15. The molecule has 1 aromatic rings. The normalized spacial score (nSPS) is 19.7. The van der Waals surface area contributed by atoms with Crippen LogP contribution in [0, 0.1) is 5.82 Å². The Hall–Kier alpha value is -1.62. The number of benzene rings is 1. The molecule has 98 valence electrons. The molecular formula is C13H17FN2O2. The first-order valence-corrected chi connectivity index (χ1v) is 6.04. The van der Waals surface area contributed by atoms with Crippen LogP contribution in [0.25, 0.3) is 0 Å². The van der Waals surface area contributed by atoms with Crippen LogP contribution in [0.15, 0.2) is 24.3 Å². The summed E-state index contributed by atoms with van der Waals surface area (Å²) in [6, 6.07) is 6.11. The summed E-state index contributed by atoms with van der Waals surface area (Å²) in [7, 11) is 0. The zero-order valence-electron chi connectivity index (χ0n) is 10.4. The lowest BCUT2D eigenvalue weighted by atomic mass is 10.2. The number of ether oxygens (including phenoxy) is 1. The summed E-state index contributed by atoms with van der Waals surface area (Å²) in [5.41, 5.74) is 0. The molecule has 1 aliphatic heterocycles. The number of nitrogens with one attached hydrogen (secondary N) is 1. The van der Waals surface area contributed by atoms with Crippen molar-refractivity contribution in [3.8, 4) is 5.75 Å². The Morgan fingerprint density at radius 1 is 1.61 bits per heavy atom. The van der Waals surface area contributed by atoms with Crippen molar-refractivity contribution in [1.82, 2.24) is 10.2 Å². The fourth-order valence-corrected chi connectivity index (χ4v) is 1.95. The molecule has 2 rings (SSSR count). The summed E-state index contributed by atoms with van der Waals surface area (Å²) in [5.74, 6) is -0.0464. The average molecular weight is 252 g/mol. The summed E-state index contributed by atoms with van der Waals surface area (Å²) < 4.78 is 18.2. The topological polar surface area (TPSA) is 41.6 Å². The Balaban J connectivity index is 1.84. The molecular weight excluding hydrogens is 235 g/mol. The number of piperazine rings is 1. The maximum atomic E-state index is 12.9. The molecule has 0 spiro atoms. The first kappa shape index (κ1) is 12.8. The predicted octanol–water partition coefficient (Wildman–Crippen LogP) is 1.02. The van der Waals surface area contributed by atoms with Gasteiger partial charge in [0, 0.05) is 31.7 Å². The van der Waals surface area contributed by atoms with Gasteiger partial charge in [-0.05, 0) is 19.1 Å². The van der Waals surface area contributed by atoms with Crippen molar-refractivity contribution in [2.24, 2.45) is 0 Å². The van der Waals surface area contributed by atoms with Gasteiger partial charge in [0.05, 0.1) is 0 Å². The number of rotatable bonds is 3. The first-order chi connectivity index (χ1) is 8.65. The number of halogens is 1. The molecule has 1 heterocycles. The predicted molar refractivity (Wildman–Crippen MR) is 65.9 cm³/mol. The van der Waals surface area contributed by atoms with Gasteiger partial charge < -0.3 is 15.0 Å². The van der Waals surface area contributed by atoms with Crippen molar-refractivity contribution < 1.29 is 13.9 Å². The quantitative estimate of drug-likeness (QED) is 0.873. The third-order valence-electron chi connectivity index (χ3n) is 2.88. The van der Waals surface area contributed by atoms with E-state index in [9.17, 15) is 9.18 Å². The third kappa shape index (κ3) is 3.43. The SMILES string of the molecule is CC1CN(C(=O)COc2cccc(F)c2)CCN1. The van der Waals surface area contributed by atoms with Gasteiger partial charge in [-0.1, -0.05) is 6.07 Å². The maximum absolute atomic E-state index is 12.9. The van der Waals surface area contributed by atoms with E-state index in [0.29, 0.717) is 24.9 Å². The molecule has 1 aliphatic rings. The van der Waals surface area contributed by atoms with Crippen LogP contribution < -0.4 is 10.1 Å². The maximum Gasteiger partial charge on any atom is 0.260 e. The molecule has 1 N–H and O–H groups in total. The third-order valence-corrected chi connectivity index (χ3v) is 2.88. The van der Waals surface area contributed by atoms with E-state index in [2.05, 4.69) is 5.32 Å². The molecule has 4 nitrogen and oxygen atoms in total. The van der Waals surface area contributed by atoms with E-state index in [1.807, 2.05) is 6.92 Å². The fourth-order valence-electron chi connectivity index (χ4n) is 1.95. The molecule has 0 aromatic heterocycles. The highest BCUT2D eigenvalue weighted by molar-refractivity contribution is 5.78. The number of amides is 1. The van der Waals surface area contributed by atoms with Gasteiger partial charge in [-0.3, -0.25) is 4.79 Å². The van der Waals surface area contributed by atoms with Crippen molar-refractivity contribution in [2.45, 2.75) is 13.0 Å². The number of hydrogen-bond acceptors (Lipinski definition) is 3. The van der Waals surface area contributed by atoms with E-state index in [1.54, 1.807) is 17.0 Å². The summed E-state index contributed by atoms with van der Waals surface area (Å²) in [6.07, 6.45) is 0. The lowest BCUT2D eigenvalue weighted by Crippen LogP contribution is -2.52. The van der Waals surface area contributed by atoms with Gasteiger partial charge in [0.1, 0.15) is 11.6 Å². The number of carbonyl (C=O) groups is 1.